The number of benzene rings is 1. The zero-order valence-electron chi connectivity index (χ0n) is 11.3. The molecule has 116 valence electrons. The summed E-state index contributed by atoms with van der Waals surface area (Å²) in [5, 5.41) is 6.67. The number of hydrogen-bond donors (Lipinski definition) is 2. The minimum atomic E-state index is -4.47. The van der Waals surface area contributed by atoms with E-state index in [1.807, 2.05) is 0 Å². The molecule has 0 bridgehead atoms. The number of primary amides is 1. The second-order valence-electron chi connectivity index (χ2n) is 5.12. The fourth-order valence-corrected chi connectivity index (χ4v) is 2.60. The third kappa shape index (κ3) is 2.51. The van der Waals surface area contributed by atoms with Gasteiger partial charge in [-0.15, -0.1) is 0 Å². The Bertz CT molecular complexity index is 696. The lowest BCUT2D eigenvalue weighted by atomic mass is 9.97. The Hall–Kier alpha value is -2.51. The molecule has 0 saturated heterocycles. The molecule has 3 N–H and O–H groups in total. The SMILES string of the molecule is NC(=O)c1cc2n(n1)[C@H](C(F)(F)F)C[C@@H](c1ccccc1)N2. The van der Waals surface area contributed by atoms with Gasteiger partial charge >= 0.3 is 6.18 Å². The number of carbonyl (C=O) groups is 1. The second kappa shape index (κ2) is 5.04. The summed E-state index contributed by atoms with van der Waals surface area (Å²) < 4.78 is 40.7. The summed E-state index contributed by atoms with van der Waals surface area (Å²) in [7, 11) is 0. The van der Waals surface area contributed by atoms with E-state index in [2.05, 4.69) is 10.4 Å². The van der Waals surface area contributed by atoms with E-state index < -0.39 is 24.2 Å². The summed E-state index contributed by atoms with van der Waals surface area (Å²) in [6.45, 7) is 0. The van der Waals surface area contributed by atoms with Crippen LogP contribution in [0.1, 0.15) is 34.6 Å². The number of hydrogen-bond acceptors (Lipinski definition) is 3. The molecule has 0 aliphatic carbocycles. The number of anilines is 1. The first kappa shape index (κ1) is 14.4. The van der Waals surface area contributed by atoms with E-state index in [-0.39, 0.29) is 17.9 Å². The van der Waals surface area contributed by atoms with Crippen molar-refractivity contribution >= 4 is 11.7 Å². The quantitative estimate of drug-likeness (QED) is 0.895. The standard InChI is InChI=1S/C14H13F3N4O/c15-14(16,17)11-6-9(8-4-2-1-3-5-8)19-12-7-10(13(18)22)20-21(11)12/h1-5,7,9,11,19H,6H2,(H2,18,22)/t9-,11-/m0/s1. The van der Waals surface area contributed by atoms with Crippen molar-refractivity contribution in [1.82, 2.24) is 9.78 Å². The monoisotopic (exact) mass is 310 g/mol. The highest BCUT2D eigenvalue weighted by molar-refractivity contribution is 5.91. The van der Waals surface area contributed by atoms with Gasteiger partial charge in [-0.25, -0.2) is 4.68 Å². The maximum Gasteiger partial charge on any atom is 0.410 e. The Morgan fingerprint density at radius 1 is 1.32 bits per heavy atom. The van der Waals surface area contributed by atoms with Crippen LogP contribution in [0.2, 0.25) is 0 Å². The van der Waals surface area contributed by atoms with Crippen LogP contribution in [0.3, 0.4) is 0 Å². The summed E-state index contributed by atoms with van der Waals surface area (Å²) in [5.41, 5.74) is 5.65. The van der Waals surface area contributed by atoms with Gasteiger partial charge in [0.05, 0.1) is 6.04 Å². The van der Waals surface area contributed by atoms with Gasteiger partial charge in [0.25, 0.3) is 5.91 Å². The Morgan fingerprint density at radius 3 is 2.59 bits per heavy atom. The number of halogens is 3. The van der Waals surface area contributed by atoms with Crippen molar-refractivity contribution in [2.45, 2.75) is 24.7 Å². The van der Waals surface area contributed by atoms with Crippen molar-refractivity contribution in [2.24, 2.45) is 5.73 Å². The second-order valence-corrected chi connectivity index (χ2v) is 5.12. The lowest BCUT2D eigenvalue weighted by Crippen LogP contribution is -2.35. The highest BCUT2D eigenvalue weighted by Crippen LogP contribution is 2.43. The first-order valence-corrected chi connectivity index (χ1v) is 6.64. The minimum absolute atomic E-state index is 0.135. The predicted octanol–water partition coefficient (Wildman–Crippen LogP) is 2.64. The highest BCUT2D eigenvalue weighted by Gasteiger charge is 2.46. The molecule has 1 aliphatic rings. The number of rotatable bonds is 2. The summed E-state index contributed by atoms with van der Waals surface area (Å²) in [4.78, 5) is 11.2. The molecule has 1 aromatic heterocycles. The van der Waals surface area contributed by atoms with Crippen LogP contribution in [0, 0.1) is 0 Å². The number of amides is 1. The van der Waals surface area contributed by atoms with Crippen molar-refractivity contribution in [3.05, 3.63) is 47.7 Å². The molecule has 3 rings (SSSR count). The highest BCUT2D eigenvalue weighted by atomic mass is 19.4. The van der Waals surface area contributed by atoms with Crippen LogP contribution in [-0.4, -0.2) is 21.9 Å². The Kier molecular flexibility index (Phi) is 3.31. The Balaban J connectivity index is 2.03. The van der Waals surface area contributed by atoms with E-state index in [4.69, 9.17) is 5.73 Å². The van der Waals surface area contributed by atoms with Crippen LogP contribution in [0.4, 0.5) is 19.0 Å². The molecule has 1 aromatic carbocycles. The average molecular weight is 310 g/mol. The molecular weight excluding hydrogens is 297 g/mol. The van der Waals surface area contributed by atoms with Crippen LogP contribution < -0.4 is 11.1 Å². The molecule has 22 heavy (non-hydrogen) atoms. The van der Waals surface area contributed by atoms with E-state index in [0.29, 0.717) is 0 Å². The smallest absolute Gasteiger partial charge is 0.364 e. The van der Waals surface area contributed by atoms with Gasteiger partial charge in [-0.1, -0.05) is 30.3 Å². The topological polar surface area (TPSA) is 72.9 Å². The van der Waals surface area contributed by atoms with E-state index in [1.54, 1.807) is 30.3 Å². The number of carbonyl (C=O) groups excluding carboxylic acids is 1. The van der Waals surface area contributed by atoms with Crippen molar-refractivity contribution in [3.63, 3.8) is 0 Å². The zero-order chi connectivity index (χ0) is 15.9. The van der Waals surface area contributed by atoms with Crippen molar-refractivity contribution in [1.29, 1.82) is 0 Å². The number of aromatic nitrogens is 2. The summed E-state index contributed by atoms with van der Waals surface area (Å²) >= 11 is 0. The molecule has 5 nitrogen and oxygen atoms in total. The fraction of sp³-hybridized carbons (Fsp3) is 0.286. The molecule has 2 heterocycles. The number of nitrogens with two attached hydrogens (primary N) is 1. The van der Waals surface area contributed by atoms with Gasteiger partial charge in [-0.2, -0.15) is 18.3 Å². The first-order chi connectivity index (χ1) is 10.4. The Labute approximate surface area is 123 Å². The van der Waals surface area contributed by atoms with Gasteiger partial charge in [-0.05, 0) is 5.56 Å². The third-order valence-corrected chi connectivity index (χ3v) is 3.64. The lowest BCUT2D eigenvalue weighted by molar-refractivity contribution is -0.173. The summed E-state index contributed by atoms with van der Waals surface area (Å²) in [6, 6.07) is 7.76. The molecule has 0 radical (unpaired) electrons. The maximum atomic E-state index is 13.3. The number of nitrogens with one attached hydrogen (secondary N) is 1. The molecule has 0 unspecified atom stereocenters. The number of alkyl halides is 3. The van der Waals surface area contributed by atoms with E-state index in [0.717, 1.165) is 10.2 Å². The molecule has 2 aromatic rings. The van der Waals surface area contributed by atoms with Crippen molar-refractivity contribution in [2.75, 3.05) is 5.32 Å². The Morgan fingerprint density at radius 2 is 2.00 bits per heavy atom. The molecule has 1 aliphatic heterocycles. The van der Waals surface area contributed by atoms with Gasteiger partial charge in [0.1, 0.15) is 5.82 Å². The first-order valence-electron chi connectivity index (χ1n) is 6.64. The molecule has 0 spiro atoms. The largest absolute Gasteiger partial charge is 0.410 e. The van der Waals surface area contributed by atoms with Crippen molar-refractivity contribution in [3.8, 4) is 0 Å². The lowest BCUT2D eigenvalue weighted by Gasteiger charge is -2.33. The minimum Gasteiger partial charge on any atom is -0.364 e. The maximum absolute atomic E-state index is 13.3. The zero-order valence-corrected chi connectivity index (χ0v) is 11.3. The van der Waals surface area contributed by atoms with Crippen LogP contribution >= 0.6 is 0 Å². The van der Waals surface area contributed by atoms with Gasteiger partial charge in [0.2, 0.25) is 0 Å². The number of fused-ring (bicyclic) bond motifs is 1. The molecule has 0 saturated carbocycles. The number of nitrogens with zero attached hydrogens (tertiary/aromatic N) is 2. The van der Waals surface area contributed by atoms with Gasteiger partial charge in [-0.3, -0.25) is 4.79 Å². The van der Waals surface area contributed by atoms with E-state index >= 15 is 0 Å². The van der Waals surface area contributed by atoms with Crippen LogP contribution in [0.25, 0.3) is 0 Å². The summed E-state index contributed by atoms with van der Waals surface area (Å²) in [5.74, 6) is -0.725. The van der Waals surface area contributed by atoms with Crippen LogP contribution in [0.5, 0.6) is 0 Å². The van der Waals surface area contributed by atoms with Gasteiger partial charge in [0, 0.05) is 12.5 Å². The summed E-state index contributed by atoms with van der Waals surface area (Å²) in [6.07, 6.45) is -4.68. The van der Waals surface area contributed by atoms with Crippen molar-refractivity contribution < 1.29 is 18.0 Å². The van der Waals surface area contributed by atoms with E-state index in [9.17, 15) is 18.0 Å². The van der Waals surface area contributed by atoms with Crippen LogP contribution in [-0.2, 0) is 0 Å². The molecular formula is C14H13F3N4O. The van der Waals surface area contributed by atoms with E-state index in [1.165, 1.54) is 6.07 Å². The normalized spacial score (nSPS) is 21.0. The van der Waals surface area contributed by atoms with Gasteiger partial charge < -0.3 is 11.1 Å². The van der Waals surface area contributed by atoms with Crippen LogP contribution in [0.15, 0.2) is 36.4 Å². The molecule has 2 atom stereocenters. The molecule has 8 heteroatoms. The van der Waals surface area contributed by atoms with Gasteiger partial charge in [0.15, 0.2) is 11.7 Å². The predicted molar refractivity (Wildman–Crippen MR) is 73.3 cm³/mol. The fourth-order valence-electron chi connectivity index (χ4n) is 2.60. The molecule has 0 fully saturated rings. The average Bonchev–Trinajstić information content (AvgIpc) is 2.90. The molecule has 1 amide bonds. The third-order valence-electron chi connectivity index (χ3n) is 3.64.